The summed E-state index contributed by atoms with van der Waals surface area (Å²) < 4.78 is 13.7. The summed E-state index contributed by atoms with van der Waals surface area (Å²) in [7, 11) is 0. The third-order valence-electron chi connectivity index (χ3n) is 3.87. The van der Waals surface area contributed by atoms with Gasteiger partial charge in [0.2, 0.25) is 0 Å². The molecule has 4 nitrogen and oxygen atoms in total. The lowest BCUT2D eigenvalue weighted by Crippen LogP contribution is -2.38. The summed E-state index contributed by atoms with van der Waals surface area (Å²) in [5, 5.41) is 12.9. The number of hydrogen-bond acceptors (Lipinski definition) is 4. The Morgan fingerprint density at radius 1 is 1.27 bits per heavy atom. The number of thiazole rings is 1. The molecule has 1 fully saturated rings. The van der Waals surface area contributed by atoms with Crippen LogP contribution in [0.2, 0.25) is 0 Å². The van der Waals surface area contributed by atoms with E-state index in [0.717, 1.165) is 12.8 Å². The van der Waals surface area contributed by atoms with Crippen molar-refractivity contribution in [2.24, 2.45) is 0 Å². The quantitative estimate of drug-likeness (QED) is 0.914. The van der Waals surface area contributed by atoms with Crippen LogP contribution in [0.4, 0.5) is 4.39 Å². The zero-order chi connectivity index (χ0) is 15.5. The van der Waals surface area contributed by atoms with Gasteiger partial charge in [-0.25, -0.2) is 9.37 Å². The highest BCUT2D eigenvalue weighted by molar-refractivity contribution is 7.16. The Hall–Kier alpha value is -1.79. The Morgan fingerprint density at radius 2 is 2.00 bits per heavy atom. The van der Waals surface area contributed by atoms with Crippen molar-refractivity contribution in [3.8, 4) is 10.6 Å². The van der Waals surface area contributed by atoms with Crippen molar-refractivity contribution in [3.63, 3.8) is 0 Å². The van der Waals surface area contributed by atoms with Gasteiger partial charge in [-0.1, -0.05) is 12.1 Å². The zero-order valence-corrected chi connectivity index (χ0v) is 12.8. The van der Waals surface area contributed by atoms with Gasteiger partial charge in [0.15, 0.2) is 0 Å². The number of aliphatic hydroxyl groups is 1. The van der Waals surface area contributed by atoms with Crippen molar-refractivity contribution < 1.29 is 14.3 Å². The Labute approximate surface area is 132 Å². The average molecular weight is 320 g/mol. The summed E-state index contributed by atoms with van der Waals surface area (Å²) in [6, 6.07) is 6.49. The summed E-state index contributed by atoms with van der Waals surface area (Å²) >= 11 is 1.18. The van der Waals surface area contributed by atoms with Crippen LogP contribution < -0.4 is 5.32 Å². The van der Waals surface area contributed by atoms with E-state index in [2.05, 4.69) is 10.3 Å². The van der Waals surface area contributed by atoms with E-state index in [1.54, 1.807) is 18.2 Å². The SMILES string of the molecule is O=C(NC1CCC(O)CC1)c1cnc(-c2ccccc2F)s1. The van der Waals surface area contributed by atoms with E-state index >= 15 is 0 Å². The van der Waals surface area contributed by atoms with Crippen LogP contribution in [-0.2, 0) is 0 Å². The van der Waals surface area contributed by atoms with Gasteiger partial charge in [0.05, 0.1) is 12.3 Å². The maximum Gasteiger partial charge on any atom is 0.263 e. The summed E-state index contributed by atoms with van der Waals surface area (Å²) in [5.41, 5.74) is 0.410. The number of aromatic nitrogens is 1. The molecule has 2 aromatic rings. The van der Waals surface area contributed by atoms with E-state index < -0.39 is 0 Å². The second kappa shape index (κ2) is 6.54. The first-order valence-corrected chi connectivity index (χ1v) is 8.15. The predicted molar refractivity (Wildman–Crippen MR) is 83.2 cm³/mol. The van der Waals surface area contributed by atoms with Crippen LogP contribution in [0.15, 0.2) is 30.5 Å². The highest BCUT2D eigenvalue weighted by atomic mass is 32.1. The Bertz CT molecular complexity index is 666. The normalized spacial score (nSPS) is 21.5. The number of aliphatic hydroxyl groups excluding tert-OH is 1. The molecule has 22 heavy (non-hydrogen) atoms. The lowest BCUT2D eigenvalue weighted by molar-refractivity contribution is 0.0871. The summed E-state index contributed by atoms with van der Waals surface area (Å²) in [6.07, 6.45) is 4.24. The summed E-state index contributed by atoms with van der Waals surface area (Å²) in [4.78, 5) is 16.9. The van der Waals surface area contributed by atoms with Gasteiger partial charge in [-0.2, -0.15) is 0 Å². The highest BCUT2D eigenvalue weighted by Gasteiger charge is 2.22. The second-order valence-electron chi connectivity index (χ2n) is 5.49. The topological polar surface area (TPSA) is 62.2 Å². The molecular weight excluding hydrogens is 303 g/mol. The van der Waals surface area contributed by atoms with Crippen LogP contribution in [0.1, 0.15) is 35.4 Å². The number of carbonyl (C=O) groups excluding carboxylic acids is 1. The summed E-state index contributed by atoms with van der Waals surface area (Å²) in [6.45, 7) is 0. The first-order valence-electron chi connectivity index (χ1n) is 7.33. The van der Waals surface area contributed by atoms with Gasteiger partial charge in [-0.15, -0.1) is 11.3 Å². The van der Waals surface area contributed by atoms with Crippen LogP contribution in [0.5, 0.6) is 0 Å². The van der Waals surface area contributed by atoms with Gasteiger partial charge in [0, 0.05) is 11.6 Å². The number of amides is 1. The Balaban J connectivity index is 1.68. The fourth-order valence-electron chi connectivity index (χ4n) is 2.61. The van der Waals surface area contributed by atoms with E-state index in [9.17, 15) is 14.3 Å². The molecule has 3 rings (SSSR count). The molecule has 116 valence electrons. The molecule has 0 atom stereocenters. The molecule has 0 saturated heterocycles. The van der Waals surface area contributed by atoms with Crippen LogP contribution in [0, 0.1) is 5.82 Å². The lowest BCUT2D eigenvalue weighted by atomic mass is 9.93. The van der Waals surface area contributed by atoms with Crippen molar-refractivity contribution in [1.29, 1.82) is 0 Å². The third kappa shape index (κ3) is 3.34. The van der Waals surface area contributed by atoms with E-state index in [-0.39, 0.29) is 23.9 Å². The minimum absolute atomic E-state index is 0.0925. The molecule has 0 radical (unpaired) electrons. The predicted octanol–water partition coefficient (Wildman–Crippen LogP) is 2.98. The van der Waals surface area contributed by atoms with Crippen LogP contribution in [-0.4, -0.2) is 28.1 Å². The average Bonchev–Trinajstić information content (AvgIpc) is 3.00. The van der Waals surface area contributed by atoms with Gasteiger partial charge in [-0.05, 0) is 37.8 Å². The Kier molecular flexibility index (Phi) is 4.49. The van der Waals surface area contributed by atoms with Gasteiger partial charge < -0.3 is 10.4 Å². The van der Waals surface area contributed by atoms with E-state index in [1.165, 1.54) is 23.6 Å². The number of carbonyl (C=O) groups is 1. The fraction of sp³-hybridized carbons (Fsp3) is 0.375. The van der Waals surface area contributed by atoms with Gasteiger partial charge in [0.1, 0.15) is 15.7 Å². The molecule has 6 heteroatoms. The highest BCUT2D eigenvalue weighted by Crippen LogP contribution is 2.27. The molecule has 0 unspecified atom stereocenters. The maximum atomic E-state index is 13.7. The van der Waals surface area contributed by atoms with Gasteiger partial charge >= 0.3 is 0 Å². The largest absolute Gasteiger partial charge is 0.393 e. The smallest absolute Gasteiger partial charge is 0.263 e. The van der Waals surface area contributed by atoms with E-state index in [0.29, 0.717) is 28.3 Å². The van der Waals surface area contributed by atoms with Crippen molar-refractivity contribution >= 4 is 17.2 Å². The molecular formula is C16H17FN2O2S. The fourth-order valence-corrected chi connectivity index (χ4v) is 3.46. The molecule has 1 aromatic carbocycles. The zero-order valence-electron chi connectivity index (χ0n) is 12.0. The molecule has 1 aliphatic carbocycles. The van der Waals surface area contributed by atoms with Crippen LogP contribution in [0.3, 0.4) is 0 Å². The van der Waals surface area contributed by atoms with E-state index in [4.69, 9.17) is 0 Å². The molecule has 1 heterocycles. The molecule has 1 saturated carbocycles. The van der Waals surface area contributed by atoms with Crippen molar-refractivity contribution in [3.05, 3.63) is 41.2 Å². The number of rotatable bonds is 3. The number of halogens is 1. The molecule has 1 amide bonds. The molecule has 1 aromatic heterocycles. The van der Waals surface area contributed by atoms with Crippen LogP contribution >= 0.6 is 11.3 Å². The Morgan fingerprint density at radius 3 is 2.73 bits per heavy atom. The third-order valence-corrected chi connectivity index (χ3v) is 4.90. The minimum atomic E-state index is -0.343. The molecule has 0 bridgehead atoms. The molecule has 1 aliphatic rings. The first-order chi connectivity index (χ1) is 10.6. The van der Waals surface area contributed by atoms with Crippen molar-refractivity contribution in [2.75, 3.05) is 0 Å². The lowest BCUT2D eigenvalue weighted by Gasteiger charge is -2.25. The van der Waals surface area contributed by atoms with Crippen molar-refractivity contribution in [1.82, 2.24) is 10.3 Å². The van der Waals surface area contributed by atoms with Crippen LogP contribution in [0.25, 0.3) is 10.6 Å². The van der Waals surface area contributed by atoms with Gasteiger partial charge in [-0.3, -0.25) is 4.79 Å². The second-order valence-corrected chi connectivity index (χ2v) is 6.52. The number of nitrogens with one attached hydrogen (secondary N) is 1. The standard InChI is InChI=1S/C16H17FN2O2S/c17-13-4-2-1-3-12(13)16-18-9-14(22-16)15(21)19-10-5-7-11(20)8-6-10/h1-4,9-11,20H,5-8H2,(H,19,21). The molecule has 2 N–H and O–H groups in total. The maximum absolute atomic E-state index is 13.7. The van der Waals surface area contributed by atoms with E-state index in [1.807, 2.05) is 0 Å². The number of hydrogen-bond donors (Lipinski definition) is 2. The number of nitrogens with zero attached hydrogens (tertiary/aromatic N) is 1. The monoisotopic (exact) mass is 320 g/mol. The van der Waals surface area contributed by atoms with Gasteiger partial charge in [0.25, 0.3) is 5.91 Å². The summed E-state index contributed by atoms with van der Waals surface area (Å²) in [5.74, 6) is -0.522. The first kappa shape index (κ1) is 15.1. The number of benzene rings is 1. The van der Waals surface area contributed by atoms with Crippen molar-refractivity contribution in [2.45, 2.75) is 37.8 Å². The molecule has 0 spiro atoms. The minimum Gasteiger partial charge on any atom is -0.393 e. The molecule has 0 aliphatic heterocycles.